The monoisotopic (exact) mass is 317 g/mol. The normalized spacial score (nSPS) is 11.7. The van der Waals surface area contributed by atoms with Gasteiger partial charge in [-0.3, -0.25) is 0 Å². The first-order chi connectivity index (χ1) is 9.82. The predicted octanol–water partition coefficient (Wildman–Crippen LogP) is 4.88. The summed E-state index contributed by atoms with van der Waals surface area (Å²) < 4.78 is 51.4. The lowest BCUT2D eigenvalue weighted by molar-refractivity contribution is -0.139. The van der Waals surface area contributed by atoms with Crippen LogP contribution in [0.25, 0.3) is 11.1 Å². The summed E-state index contributed by atoms with van der Waals surface area (Å²) in [7, 11) is 1.74. The molecule has 0 bridgehead atoms. The second kappa shape index (κ2) is 6.03. The van der Waals surface area contributed by atoms with Crippen molar-refractivity contribution in [1.29, 1.82) is 0 Å². The summed E-state index contributed by atoms with van der Waals surface area (Å²) in [5.41, 5.74) is 0.502. The van der Waals surface area contributed by atoms with Gasteiger partial charge in [0.15, 0.2) is 0 Å². The molecule has 0 heterocycles. The van der Waals surface area contributed by atoms with E-state index in [1.807, 2.05) is 0 Å². The zero-order valence-corrected chi connectivity index (χ0v) is 11.8. The maximum Gasteiger partial charge on any atom is 0.419 e. The van der Waals surface area contributed by atoms with Gasteiger partial charge in [-0.25, -0.2) is 4.39 Å². The van der Waals surface area contributed by atoms with Crippen LogP contribution < -0.4 is 5.32 Å². The first kappa shape index (κ1) is 15.8. The van der Waals surface area contributed by atoms with Gasteiger partial charge in [0.1, 0.15) is 5.82 Å². The van der Waals surface area contributed by atoms with Gasteiger partial charge in [0.25, 0.3) is 0 Å². The largest absolute Gasteiger partial charge is 0.419 e. The topological polar surface area (TPSA) is 12.0 Å². The minimum Gasteiger partial charge on any atom is -0.316 e. The van der Waals surface area contributed by atoms with Crippen LogP contribution >= 0.6 is 11.6 Å². The van der Waals surface area contributed by atoms with E-state index in [1.165, 1.54) is 6.07 Å². The van der Waals surface area contributed by atoms with Crippen molar-refractivity contribution in [2.24, 2.45) is 0 Å². The third kappa shape index (κ3) is 3.54. The molecule has 2 aromatic rings. The van der Waals surface area contributed by atoms with E-state index in [0.717, 1.165) is 17.7 Å². The van der Waals surface area contributed by atoms with Crippen molar-refractivity contribution in [2.45, 2.75) is 12.7 Å². The van der Waals surface area contributed by atoms with Gasteiger partial charge >= 0.3 is 6.18 Å². The molecule has 0 saturated carbocycles. The van der Waals surface area contributed by atoms with Crippen LogP contribution in [0.2, 0.25) is 5.02 Å². The van der Waals surface area contributed by atoms with Gasteiger partial charge in [0.2, 0.25) is 0 Å². The Bertz CT molecular complexity index is 653. The smallest absolute Gasteiger partial charge is 0.316 e. The summed E-state index contributed by atoms with van der Waals surface area (Å²) in [5.74, 6) is -1.30. The molecule has 0 unspecified atom stereocenters. The molecule has 0 aliphatic rings. The molecule has 21 heavy (non-hydrogen) atoms. The van der Waals surface area contributed by atoms with Gasteiger partial charge < -0.3 is 5.32 Å². The van der Waals surface area contributed by atoms with Crippen molar-refractivity contribution in [3.63, 3.8) is 0 Å². The van der Waals surface area contributed by atoms with E-state index >= 15 is 0 Å². The first-order valence-corrected chi connectivity index (χ1v) is 6.51. The van der Waals surface area contributed by atoms with E-state index in [-0.39, 0.29) is 0 Å². The molecule has 2 rings (SSSR count). The lowest BCUT2D eigenvalue weighted by Crippen LogP contribution is -2.09. The summed E-state index contributed by atoms with van der Waals surface area (Å²) >= 11 is 5.92. The number of nitrogens with one attached hydrogen (secondary N) is 1. The molecule has 0 aliphatic carbocycles. The number of hydrogen-bond donors (Lipinski definition) is 1. The molecular weight excluding hydrogens is 306 g/mol. The van der Waals surface area contributed by atoms with Crippen LogP contribution in [0.15, 0.2) is 36.4 Å². The average Bonchev–Trinajstić information content (AvgIpc) is 2.39. The minimum absolute atomic E-state index is 0.355. The summed E-state index contributed by atoms with van der Waals surface area (Å²) in [6.07, 6.45) is -4.70. The highest BCUT2D eigenvalue weighted by molar-refractivity contribution is 6.30. The quantitative estimate of drug-likeness (QED) is 0.795. The van der Waals surface area contributed by atoms with Crippen molar-refractivity contribution < 1.29 is 17.6 Å². The number of hydrogen-bond acceptors (Lipinski definition) is 1. The summed E-state index contributed by atoms with van der Waals surface area (Å²) in [6.45, 7) is 0.495. The number of alkyl halides is 3. The second-order valence-corrected chi connectivity index (χ2v) is 4.96. The Balaban J connectivity index is 2.52. The number of rotatable bonds is 3. The van der Waals surface area contributed by atoms with Gasteiger partial charge in [-0.05, 0) is 48.0 Å². The number of benzene rings is 2. The Morgan fingerprint density at radius 3 is 2.38 bits per heavy atom. The van der Waals surface area contributed by atoms with E-state index < -0.39 is 17.6 Å². The van der Waals surface area contributed by atoms with E-state index in [2.05, 4.69) is 5.32 Å². The van der Waals surface area contributed by atoms with Crippen molar-refractivity contribution in [3.8, 4) is 11.1 Å². The molecule has 1 N–H and O–H groups in total. The molecular formula is C15H12ClF4N. The Hall–Kier alpha value is -1.59. The zero-order chi connectivity index (χ0) is 15.6. The molecule has 0 aliphatic heterocycles. The van der Waals surface area contributed by atoms with Crippen LogP contribution in [-0.4, -0.2) is 7.05 Å². The van der Waals surface area contributed by atoms with Crippen LogP contribution in [0.4, 0.5) is 17.6 Å². The van der Waals surface area contributed by atoms with E-state index in [1.54, 1.807) is 25.2 Å². The minimum atomic E-state index is -4.70. The Morgan fingerprint density at radius 2 is 1.81 bits per heavy atom. The molecule has 1 nitrogen and oxygen atoms in total. The van der Waals surface area contributed by atoms with Gasteiger partial charge in [0, 0.05) is 11.6 Å². The molecule has 0 fully saturated rings. The van der Waals surface area contributed by atoms with Crippen molar-refractivity contribution >= 4 is 11.6 Å². The van der Waals surface area contributed by atoms with E-state index in [0.29, 0.717) is 22.7 Å². The molecule has 0 saturated heterocycles. The highest BCUT2D eigenvalue weighted by Crippen LogP contribution is 2.34. The zero-order valence-electron chi connectivity index (χ0n) is 11.1. The van der Waals surface area contributed by atoms with E-state index in [4.69, 9.17) is 11.6 Å². The summed E-state index contributed by atoms with van der Waals surface area (Å²) in [4.78, 5) is 0. The van der Waals surface area contributed by atoms with Gasteiger partial charge in [-0.2, -0.15) is 13.2 Å². The summed E-state index contributed by atoms with van der Waals surface area (Å²) in [5, 5.41) is 3.38. The predicted molar refractivity (Wildman–Crippen MR) is 74.6 cm³/mol. The third-order valence-electron chi connectivity index (χ3n) is 3.02. The van der Waals surface area contributed by atoms with Crippen LogP contribution in [0.5, 0.6) is 0 Å². The maximum atomic E-state index is 13.7. The van der Waals surface area contributed by atoms with Crippen LogP contribution in [0.3, 0.4) is 0 Å². The van der Waals surface area contributed by atoms with Crippen molar-refractivity contribution in [1.82, 2.24) is 5.32 Å². The molecule has 0 atom stereocenters. The Labute approximate surface area is 124 Å². The van der Waals surface area contributed by atoms with E-state index in [9.17, 15) is 17.6 Å². The average molecular weight is 318 g/mol. The Kier molecular flexibility index (Phi) is 4.54. The third-order valence-corrected chi connectivity index (χ3v) is 3.26. The lowest BCUT2D eigenvalue weighted by Gasteiger charge is -2.13. The molecule has 0 radical (unpaired) electrons. The fourth-order valence-electron chi connectivity index (χ4n) is 2.07. The molecule has 112 valence electrons. The summed E-state index contributed by atoms with van der Waals surface area (Å²) in [6, 6.07) is 7.91. The Morgan fingerprint density at radius 1 is 1.10 bits per heavy atom. The van der Waals surface area contributed by atoms with Crippen molar-refractivity contribution in [2.75, 3.05) is 7.05 Å². The molecule has 0 spiro atoms. The lowest BCUT2D eigenvalue weighted by atomic mass is 9.98. The van der Waals surface area contributed by atoms with Crippen LogP contribution in [0, 0.1) is 5.82 Å². The van der Waals surface area contributed by atoms with Crippen LogP contribution in [0.1, 0.15) is 11.1 Å². The fourth-order valence-corrected chi connectivity index (χ4v) is 2.25. The molecule has 0 amide bonds. The SMILES string of the molecule is CNCc1ccc(Cl)cc1-c1ccc(C(F)(F)F)c(F)c1. The van der Waals surface area contributed by atoms with Gasteiger partial charge in [0.05, 0.1) is 5.56 Å². The molecule has 0 aromatic heterocycles. The molecule has 6 heteroatoms. The van der Waals surface area contributed by atoms with Crippen LogP contribution in [-0.2, 0) is 12.7 Å². The first-order valence-electron chi connectivity index (χ1n) is 6.13. The fraction of sp³-hybridized carbons (Fsp3) is 0.200. The maximum absolute atomic E-state index is 13.7. The molecule has 2 aromatic carbocycles. The van der Waals surface area contributed by atoms with Gasteiger partial charge in [-0.1, -0.05) is 23.7 Å². The second-order valence-electron chi connectivity index (χ2n) is 4.52. The highest BCUT2D eigenvalue weighted by atomic mass is 35.5. The number of halogens is 5. The standard InChI is InChI=1S/C15H12ClF4N/c1-21-8-10-2-4-11(16)7-12(10)9-3-5-13(14(17)6-9)15(18,19)20/h2-7,21H,8H2,1H3. The highest BCUT2D eigenvalue weighted by Gasteiger charge is 2.34. The van der Waals surface area contributed by atoms with Crippen molar-refractivity contribution in [3.05, 3.63) is 58.4 Å². The van der Waals surface area contributed by atoms with Gasteiger partial charge in [-0.15, -0.1) is 0 Å².